The zero-order chi connectivity index (χ0) is 45.2. The Kier molecular flexibility index (Phi) is 11.7. The summed E-state index contributed by atoms with van der Waals surface area (Å²) in [5, 5.41) is 24.4. The highest BCUT2D eigenvalue weighted by Crippen LogP contribution is 2.66. The van der Waals surface area contributed by atoms with E-state index in [1.807, 2.05) is 95.9 Å². The van der Waals surface area contributed by atoms with Gasteiger partial charge in [0.2, 0.25) is 5.91 Å². The lowest BCUT2D eigenvalue weighted by molar-refractivity contribution is -0.179. The summed E-state index contributed by atoms with van der Waals surface area (Å²) in [5.41, 5.74) is 1.88. The topological polar surface area (TPSA) is 155 Å². The van der Waals surface area contributed by atoms with Gasteiger partial charge in [0.1, 0.15) is 41.6 Å². The molecule has 3 N–H and O–H groups in total. The number of methoxy groups -OCH3 is 1. The lowest BCUT2D eigenvalue weighted by Crippen LogP contribution is -2.54. The first-order valence-electron chi connectivity index (χ1n) is 21.3. The summed E-state index contributed by atoms with van der Waals surface area (Å²) in [6.45, 7) is 1.48. The van der Waals surface area contributed by atoms with Gasteiger partial charge in [-0.15, -0.1) is 0 Å². The van der Waals surface area contributed by atoms with Crippen molar-refractivity contribution in [1.82, 2.24) is 10.2 Å². The molecule has 0 saturated carbocycles. The number of fused-ring (bicyclic) bond motifs is 3. The number of aliphatic carboxylic acids is 1. The molecule has 326 valence electrons. The van der Waals surface area contributed by atoms with Gasteiger partial charge in [0.15, 0.2) is 0 Å². The molecule has 6 aromatic rings. The van der Waals surface area contributed by atoms with Crippen molar-refractivity contribution in [2.24, 2.45) is 5.92 Å². The molecule has 2 saturated heterocycles. The molecular formula is C53H45N3O9. The number of urea groups is 1. The van der Waals surface area contributed by atoms with E-state index in [1.54, 1.807) is 80.8 Å². The summed E-state index contributed by atoms with van der Waals surface area (Å²) in [7, 11) is 1.57. The number of carbonyl (C=O) groups excluding carboxylic acids is 3. The van der Waals surface area contributed by atoms with Crippen molar-refractivity contribution in [3.63, 3.8) is 0 Å². The molecule has 3 aliphatic heterocycles. The van der Waals surface area contributed by atoms with E-state index >= 15 is 4.79 Å². The van der Waals surface area contributed by atoms with Gasteiger partial charge in [0.25, 0.3) is 0 Å². The third kappa shape index (κ3) is 7.54. The maximum Gasteiger partial charge on any atom is 0.329 e. The largest absolute Gasteiger partial charge is 0.497 e. The summed E-state index contributed by atoms with van der Waals surface area (Å²) in [6.07, 6.45) is -0.952. The van der Waals surface area contributed by atoms with Crippen LogP contribution in [0.5, 0.6) is 11.5 Å². The minimum Gasteiger partial charge on any atom is -0.497 e. The summed E-state index contributed by atoms with van der Waals surface area (Å²) in [6, 6.07) is 41.9. The molecule has 12 nitrogen and oxygen atoms in total. The number of rotatable bonds is 10. The second-order valence-corrected chi connectivity index (χ2v) is 16.2. The molecule has 1 spiro atoms. The molecule has 3 heterocycles. The fourth-order valence-corrected chi connectivity index (χ4v) is 9.80. The fraction of sp³-hybridized carbons (Fsp3) is 0.208. The number of cyclic esters (lactones) is 1. The lowest BCUT2D eigenvalue weighted by atomic mass is 9.65. The van der Waals surface area contributed by atoms with E-state index in [4.69, 9.17) is 14.2 Å². The molecule has 7 atom stereocenters. The van der Waals surface area contributed by atoms with Crippen LogP contribution in [0.3, 0.4) is 0 Å². The fourth-order valence-electron chi connectivity index (χ4n) is 9.80. The molecule has 9 rings (SSSR count). The Labute approximate surface area is 376 Å². The normalized spacial score (nSPS) is 22.5. The van der Waals surface area contributed by atoms with Crippen LogP contribution in [0.1, 0.15) is 70.1 Å². The van der Waals surface area contributed by atoms with Gasteiger partial charge in [-0.2, -0.15) is 0 Å². The zero-order valence-electron chi connectivity index (χ0n) is 35.5. The standard InChI is InChI=1S/C53H45N3O9/c1-33(36-13-6-3-7-14-36)54-52(62)55-43-28-25-35(22-21-34-23-26-40(63-2)27-24-34)31-42(43)53(51(55)61)44(49(58)59)46-50(60)65-47(38-17-10-5-11-18-38)45(37-15-8-4-9-16-37)56(46)48(53)39-19-12-20-41(32-39)64-30-29-57/h3-20,23-28,31-33,44-48,57H,29-30H2,1-2H3,(H,54,62)(H,58,59)/t33-,44+,45+,46?,47-,48-,53?/m0/s1. The van der Waals surface area contributed by atoms with Gasteiger partial charge in [-0.05, 0) is 89.3 Å². The molecule has 12 heteroatoms. The summed E-state index contributed by atoms with van der Waals surface area (Å²) in [4.78, 5) is 63.2. The van der Waals surface area contributed by atoms with Gasteiger partial charge in [-0.1, -0.05) is 115 Å². The van der Waals surface area contributed by atoms with Crippen LogP contribution in [0.4, 0.5) is 10.5 Å². The molecule has 0 radical (unpaired) electrons. The molecule has 2 fully saturated rings. The monoisotopic (exact) mass is 867 g/mol. The highest BCUT2D eigenvalue weighted by Gasteiger charge is 2.76. The van der Waals surface area contributed by atoms with Crippen LogP contribution in [-0.4, -0.2) is 65.4 Å². The van der Waals surface area contributed by atoms with Gasteiger partial charge in [0.05, 0.1) is 37.5 Å². The SMILES string of the molecule is COc1ccc(C#Cc2ccc3c(c2)C2(C(=O)N3C(=O)N[C@@H](C)c3ccccc3)[C@H](c3cccc(OCCO)c3)N3C(C(=O)O[C@@H](c4ccccc4)[C@H]3c3ccccc3)[C@@H]2C(=O)O)cc1. The molecule has 0 bridgehead atoms. The smallest absolute Gasteiger partial charge is 0.329 e. The Balaban J connectivity index is 1.32. The number of morpholine rings is 1. The molecular weight excluding hydrogens is 823 g/mol. The van der Waals surface area contributed by atoms with Crippen molar-refractivity contribution < 1.29 is 43.6 Å². The number of aliphatic hydroxyl groups is 1. The van der Waals surface area contributed by atoms with Gasteiger partial charge >= 0.3 is 18.0 Å². The second-order valence-electron chi connectivity index (χ2n) is 16.2. The predicted octanol–water partition coefficient (Wildman–Crippen LogP) is 7.69. The van der Waals surface area contributed by atoms with Gasteiger partial charge < -0.3 is 29.7 Å². The van der Waals surface area contributed by atoms with Crippen LogP contribution in [0.25, 0.3) is 0 Å². The third-order valence-electron chi connectivity index (χ3n) is 12.5. The van der Waals surface area contributed by atoms with Crippen LogP contribution in [0.2, 0.25) is 0 Å². The first-order valence-corrected chi connectivity index (χ1v) is 21.3. The first-order chi connectivity index (χ1) is 31.6. The number of hydrogen-bond donors (Lipinski definition) is 3. The van der Waals surface area contributed by atoms with E-state index in [9.17, 15) is 24.6 Å². The summed E-state index contributed by atoms with van der Waals surface area (Å²) < 4.78 is 17.6. The van der Waals surface area contributed by atoms with Crippen molar-refractivity contribution in [3.05, 3.63) is 197 Å². The number of hydrogen-bond acceptors (Lipinski definition) is 9. The van der Waals surface area contributed by atoms with E-state index in [0.717, 1.165) is 10.5 Å². The Morgan fingerprint density at radius 2 is 1.38 bits per heavy atom. The Hall–Kier alpha value is -7.72. The van der Waals surface area contributed by atoms with Gasteiger partial charge in [-0.25, -0.2) is 9.69 Å². The Morgan fingerprint density at radius 1 is 0.754 bits per heavy atom. The number of esters is 1. The number of carboxylic acid groups (broad SMARTS) is 1. The zero-order valence-corrected chi connectivity index (χ0v) is 35.5. The van der Waals surface area contributed by atoms with E-state index in [2.05, 4.69) is 17.2 Å². The van der Waals surface area contributed by atoms with E-state index < -0.39 is 65.5 Å². The number of anilines is 1. The quantitative estimate of drug-likeness (QED) is 0.0923. The molecule has 2 unspecified atom stereocenters. The average Bonchev–Trinajstić information content (AvgIpc) is 3.80. The number of amides is 3. The number of nitrogens with one attached hydrogen (secondary N) is 1. The van der Waals surface area contributed by atoms with Crippen molar-refractivity contribution in [3.8, 4) is 23.3 Å². The molecule has 0 aliphatic carbocycles. The van der Waals surface area contributed by atoms with Gasteiger partial charge in [0, 0.05) is 11.1 Å². The third-order valence-corrected chi connectivity index (χ3v) is 12.5. The van der Waals surface area contributed by atoms with E-state index in [0.29, 0.717) is 39.3 Å². The second kappa shape index (κ2) is 17.8. The van der Waals surface area contributed by atoms with Crippen LogP contribution < -0.4 is 19.7 Å². The first kappa shape index (κ1) is 42.6. The van der Waals surface area contributed by atoms with E-state index in [-0.39, 0.29) is 24.5 Å². The van der Waals surface area contributed by atoms with Crippen LogP contribution >= 0.6 is 0 Å². The molecule has 6 aromatic carbocycles. The number of carbonyl (C=O) groups is 4. The minimum absolute atomic E-state index is 0.0378. The average molecular weight is 868 g/mol. The molecule has 3 amide bonds. The number of aliphatic hydroxyl groups excluding tert-OH is 1. The number of carboxylic acids is 1. The molecule has 3 aliphatic rings. The van der Waals surface area contributed by atoms with Crippen molar-refractivity contribution >= 4 is 29.6 Å². The number of benzene rings is 6. The summed E-state index contributed by atoms with van der Waals surface area (Å²) in [5.74, 6) is 2.45. The van der Waals surface area contributed by atoms with Crippen LogP contribution in [-0.2, 0) is 24.5 Å². The highest BCUT2D eigenvalue weighted by molar-refractivity contribution is 6.24. The number of ether oxygens (including phenoxy) is 3. The predicted molar refractivity (Wildman–Crippen MR) is 241 cm³/mol. The lowest BCUT2D eigenvalue weighted by Gasteiger charge is -2.46. The molecule has 65 heavy (non-hydrogen) atoms. The molecule has 0 aromatic heterocycles. The highest BCUT2D eigenvalue weighted by atomic mass is 16.6. The van der Waals surface area contributed by atoms with Crippen molar-refractivity contribution in [2.45, 2.75) is 42.6 Å². The maximum absolute atomic E-state index is 16.2. The number of nitrogens with zero attached hydrogens (tertiary/aromatic N) is 2. The summed E-state index contributed by atoms with van der Waals surface area (Å²) >= 11 is 0. The van der Waals surface area contributed by atoms with E-state index in [1.165, 1.54) is 0 Å². The van der Waals surface area contributed by atoms with Crippen LogP contribution in [0.15, 0.2) is 158 Å². The van der Waals surface area contributed by atoms with Crippen LogP contribution in [0, 0.1) is 17.8 Å². The Bertz CT molecular complexity index is 2810. The van der Waals surface area contributed by atoms with Gasteiger partial charge in [-0.3, -0.25) is 19.3 Å². The van der Waals surface area contributed by atoms with Crippen molar-refractivity contribution in [1.29, 1.82) is 0 Å². The van der Waals surface area contributed by atoms with Crippen molar-refractivity contribution in [2.75, 3.05) is 25.2 Å². The maximum atomic E-state index is 16.2. The minimum atomic E-state index is -2.16. The number of imide groups is 1. The Morgan fingerprint density at radius 3 is 2.05 bits per heavy atom.